The van der Waals surface area contributed by atoms with E-state index < -0.39 is 69.8 Å². The first kappa shape index (κ1) is 36.1. The number of piperidine rings is 1. The molecule has 2 aromatic heterocycles. The molecule has 3 aromatic rings. The van der Waals surface area contributed by atoms with Crippen LogP contribution in [0.2, 0.25) is 0 Å². The fourth-order valence-corrected chi connectivity index (χ4v) is 7.40. The Labute approximate surface area is 280 Å². The van der Waals surface area contributed by atoms with Crippen LogP contribution >= 0.6 is 11.3 Å². The van der Waals surface area contributed by atoms with Crippen molar-refractivity contribution >= 4 is 29.1 Å². The molecule has 264 valence electrons. The predicted molar refractivity (Wildman–Crippen MR) is 162 cm³/mol. The molecule has 1 aromatic carbocycles. The van der Waals surface area contributed by atoms with Crippen LogP contribution in [0.3, 0.4) is 0 Å². The molecule has 1 fully saturated rings. The van der Waals surface area contributed by atoms with Gasteiger partial charge >= 0.3 is 18.3 Å². The number of pyridine rings is 1. The lowest BCUT2D eigenvalue weighted by Gasteiger charge is -2.51. The zero-order valence-electron chi connectivity index (χ0n) is 26.1. The summed E-state index contributed by atoms with van der Waals surface area (Å²) in [6.07, 6.45) is -8.74. The van der Waals surface area contributed by atoms with Gasteiger partial charge in [-0.2, -0.15) is 26.3 Å². The molecule has 2 amide bonds. The number of halogens is 7. The summed E-state index contributed by atoms with van der Waals surface area (Å²) in [6.45, 7) is 1.39. The normalized spacial score (nSPS) is 21.3. The number of carboxylic acid groups (broad SMARTS) is 1. The maximum absolute atomic E-state index is 15.1. The van der Waals surface area contributed by atoms with Crippen molar-refractivity contribution in [3.05, 3.63) is 81.1 Å². The number of carboxylic acids is 1. The fraction of sp³-hybridized carbons (Fsp3) is 0.455. The zero-order chi connectivity index (χ0) is 35.7. The lowest BCUT2D eigenvalue weighted by atomic mass is 9.78. The molecule has 0 spiro atoms. The number of aromatic nitrogens is 1. The first-order valence-corrected chi connectivity index (χ1v) is 16.4. The number of amides is 2. The predicted octanol–water partition coefficient (Wildman–Crippen LogP) is 7.36. The van der Waals surface area contributed by atoms with E-state index in [1.54, 1.807) is 6.92 Å². The molecule has 0 radical (unpaired) electrons. The highest BCUT2D eigenvalue weighted by Gasteiger charge is 2.57. The molecule has 8 nitrogen and oxygen atoms in total. The van der Waals surface area contributed by atoms with Gasteiger partial charge in [0, 0.05) is 49.6 Å². The van der Waals surface area contributed by atoms with Gasteiger partial charge in [0.2, 0.25) is 5.60 Å². The number of likely N-dealkylation sites (tertiary alicyclic amines) is 1. The Morgan fingerprint density at radius 1 is 1.04 bits per heavy atom. The second-order valence-electron chi connectivity index (χ2n) is 12.1. The summed E-state index contributed by atoms with van der Waals surface area (Å²) in [7, 11) is 0. The molecule has 4 heterocycles. The standard InChI is InChI=1S/C33H32F7N3O5S/c1-2-5-25-31(48-23-16-26(49-18-23)33(38,39)40,11-4-13-42(25)29(46)28-24(32(35,36)37)6-3-12-41-28)30(47)43-17-20-14-21(34)8-7-19(20)15-22(43)9-10-27(44)45/h3,6-8,12,14,16,18,22,25H,2,4-5,9-11,13,15,17H2,1H3,(H,44,45)/t22-,25-,31+/m1/s1. The van der Waals surface area contributed by atoms with Crippen molar-refractivity contribution in [1.82, 2.24) is 14.8 Å². The number of alkyl halides is 6. The Morgan fingerprint density at radius 2 is 1.80 bits per heavy atom. The minimum Gasteiger partial charge on any atom is -0.481 e. The number of rotatable bonds is 9. The number of fused-ring (bicyclic) bond motifs is 1. The largest absolute Gasteiger partial charge is 0.481 e. The van der Waals surface area contributed by atoms with E-state index in [4.69, 9.17) is 4.74 Å². The first-order valence-electron chi connectivity index (χ1n) is 15.5. The molecule has 0 unspecified atom stereocenters. The van der Waals surface area contributed by atoms with Crippen molar-refractivity contribution in [3.8, 4) is 5.75 Å². The smallest absolute Gasteiger partial charge is 0.425 e. The average Bonchev–Trinajstić information content (AvgIpc) is 3.52. The third-order valence-corrected chi connectivity index (χ3v) is 9.83. The van der Waals surface area contributed by atoms with Crippen LogP contribution in [-0.4, -0.2) is 61.9 Å². The Hall–Kier alpha value is -4.21. The second kappa shape index (κ2) is 14.0. The molecule has 5 rings (SSSR count). The molecule has 1 saturated heterocycles. The number of ether oxygens (including phenoxy) is 1. The molecule has 0 bridgehead atoms. The Morgan fingerprint density at radius 3 is 2.45 bits per heavy atom. The Bertz CT molecular complexity index is 1710. The summed E-state index contributed by atoms with van der Waals surface area (Å²) in [5, 5.41) is 10.5. The van der Waals surface area contributed by atoms with Gasteiger partial charge in [0.05, 0.1) is 11.6 Å². The maximum Gasteiger partial charge on any atom is 0.425 e. The van der Waals surface area contributed by atoms with Crippen LogP contribution in [0.5, 0.6) is 5.75 Å². The average molecular weight is 716 g/mol. The van der Waals surface area contributed by atoms with Gasteiger partial charge in [-0.15, -0.1) is 11.3 Å². The molecule has 1 N–H and O–H groups in total. The lowest BCUT2D eigenvalue weighted by Crippen LogP contribution is -2.69. The van der Waals surface area contributed by atoms with Gasteiger partial charge in [-0.3, -0.25) is 19.4 Å². The molecule has 49 heavy (non-hydrogen) atoms. The van der Waals surface area contributed by atoms with Crippen molar-refractivity contribution in [3.63, 3.8) is 0 Å². The summed E-state index contributed by atoms with van der Waals surface area (Å²) in [4.78, 5) is 45.7. The number of carbonyl (C=O) groups excluding carboxylic acids is 2. The van der Waals surface area contributed by atoms with E-state index in [2.05, 4.69) is 4.98 Å². The van der Waals surface area contributed by atoms with Gasteiger partial charge in [0.1, 0.15) is 22.1 Å². The van der Waals surface area contributed by atoms with Crippen LogP contribution in [0.25, 0.3) is 0 Å². The Kier molecular flexibility index (Phi) is 10.3. The molecular weight excluding hydrogens is 683 g/mol. The van der Waals surface area contributed by atoms with E-state index in [1.807, 2.05) is 0 Å². The molecule has 3 atom stereocenters. The van der Waals surface area contributed by atoms with Gasteiger partial charge in [-0.1, -0.05) is 19.4 Å². The van der Waals surface area contributed by atoms with E-state index in [9.17, 15) is 45.4 Å². The van der Waals surface area contributed by atoms with Crippen molar-refractivity contribution in [2.45, 2.75) is 88.5 Å². The van der Waals surface area contributed by atoms with Gasteiger partial charge in [0.15, 0.2) is 0 Å². The molecule has 16 heteroatoms. The highest BCUT2D eigenvalue weighted by molar-refractivity contribution is 7.10. The van der Waals surface area contributed by atoms with Crippen molar-refractivity contribution in [1.29, 1.82) is 0 Å². The van der Waals surface area contributed by atoms with Crippen molar-refractivity contribution < 1.29 is 55.0 Å². The summed E-state index contributed by atoms with van der Waals surface area (Å²) in [5.74, 6) is -4.00. The van der Waals surface area contributed by atoms with E-state index in [1.165, 1.54) is 23.1 Å². The van der Waals surface area contributed by atoms with Gasteiger partial charge in [0.25, 0.3) is 11.8 Å². The molecule has 0 saturated carbocycles. The quantitative estimate of drug-likeness (QED) is 0.233. The number of aliphatic carboxylic acids is 1. The molecular formula is C33H32F7N3O5S. The fourth-order valence-electron chi connectivity index (χ4n) is 6.72. The highest BCUT2D eigenvalue weighted by atomic mass is 32.1. The van der Waals surface area contributed by atoms with Crippen LogP contribution in [0, 0.1) is 5.82 Å². The van der Waals surface area contributed by atoms with Gasteiger partial charge in [-0.25, -0.2) is 4.39 Å². The number of hydrogen-bond donors (Lipinski definition) is 1. The van der Waals surface area contributed by atoms with Crippen LogP contribution in [0.4, 0.5) is 30.7 Å². The number of hydrogen-bond acceptors (Lipinski definition) is 6. The maximum atomic E-state index is 15.1. The third kappa shape index (κ3) is 7.53. The lowest BCUT2D eigenvalue weighted by molar-refractivity contribution is -0.163. The van der Waals surface area contributed by atoms with Crippen molar-refractivity contribution in [2.75, 3.05) is 6.54 Å². The number of nitrogens with zero attached hydrogens (tertiary/aromatic N) is 3. The number of thiophene rings is 1. The van der Waals surface area contributed by atoms with E-state index in [0.29, 0.717) is 34.6 Å². The second-order valence-corrected chi connectivity index (χ2v) is 13.0. The van der Waals surface area contributed by atoms with Crippen LogP contribution in [0.15, 0.2) is 48.0 Å². The number of benzene rings is 1. The van der Waals surface area contributed by atoms with Gasteiger partial charge < -0.3 is 19.6 Å². The minimum absolute atomic E-state index is 0.000771. The monoisotopic (exact) mass is 715 g/mol. The summed E-state index contributed by atoms with van der Waals surface area (Å²) >= 11 is 0.321. The SMILES string of the molecule is CCC[C@H]1N(C(=O)c2ncccc2C(F)(F)F)CCC[C@@]1(Oc1csc(C(F)(F)F)c1)C(=O)N1Cc2cc(F)ccc2C[C@H]1CCC(=O)O. The van der Waals surface area contributed by atoms with Crippen molar-refractivity contribution in [2.24, 2.45) is 0 Å². The highest BCUT2D eigenvalue weighted by Crippen LogP contribution is 2.43. The van der Waals surface area contributed by atoms with E-state index in [-0.39, 0.29) is 63.8 Å². The first-order chi connectivity index (χ1) is 23.0. The summed E-state index contributed by atoms with van der Waals surface area (Å²) in [6, 6.07) is 4.39. The van der Waals surface area contributed by atoms with E-state index >= 15 is 4.79 Å². The van der Waals surface area contributed by atoms with Gasteiger partial charge in [-0.05, 0) is 61.1 Å². The van der Waals surface area contributed by atoms with E-state index in [0.717, 1.165) is 22.5 Å². The topological polar surface area (TPSA) is 100 Å². The third-order valence-electron chi connectivity index (χ3n) is 8.87. The molecule has 0 aliphatic carbocycles. The molecule has 2 aliphatic heterocycles. The Balaban J connectivity index is 1.65. The van der Waals surface area contributed by atoms with Crippen LogP contribution in [-0.2, 0) is 34.9 Å². The van der Waals surface area contributed by atoms with Crippen LogP contribution in [0.1, 0.15) is 77.5 Å². The summed E-state index contributed by atoms with van der Waals surface area (Å²) < 4.78 is 104. The number of carbonyl (C=O) groups is 3. The van der Waals surface area contributed by atoms with Crippen LogP contribution < -0.4 is 4.74 Å². The zero-order valence-corrected chi connectivity index (χ0v) is 26.9. The summed E-state index contributed by atoms with van der Waals surface area (Å²) in [5.41, 5.74) is -3.23. The molecule has 2 aliphatic rings. The minimum atomic E-state index is -4.95.